The van der Waals surface area contributed by atoms with Crippen LogP contribution in [-0.2, 0) is 4.79 Å². The first-order chi connectivity index (χ1) is 9.11. The average Bonchev–Trinajstić information content (AvgIpc) is 2.38. The Bertz CT molecular complexity index is 459. The Labute approximate surface area is 118 Å². The highest BCUT2D eigenvalue weighted by Gasteiger charge is 2.04. The van der Waals surface area contributed by atoms with Gasteiger partial charge in [0.15, 0.2) is 5.11 Å². The third-order valence-electron chi connectivity index (χ3n) is 2.16. The van der Waals surface area contributed by atoms with Crippen LogP contribution in [0.15, 0.2) is 35.4 Å². The molecule has 0 saturated heterocycles. The van der Waals surface area contributed by atoms with E-state index in [1.807, 2.05) is 37.3 Å². The lowest BCUT2D eigenvalue weighted by atomic mass is 10.2. The van der Waals surface area contributed by atoms with E-state index < -0.39 is 0 Å². The summed E-state index contributed by atoms with van der Waals surface area (Å²) in [6.45, 7) is 4.44. The van der Waals surface area contributed by atoms with Crippen LogP contribution in [0, 0.1) is 0 Å². The molecule has 0 aliphatic rings. The molecule has 1 amide bonds. The molecule has 0 fully saturated rings. The number of rotatable bonds is 5. The molecule has 3 N–H and O–H groups in total. The monoisotopic (exact) mass is 278 g/mol. The van der Waals surface area contributed by atoms with Crippen molar-refractivity contribution in [3.8, 4) is 0 Å². The number of nitrogens with zero attached hydrogens (tertiary/aromatic N) is 1. The first-order valence-electron chi connectivity index (χ1n) is 6.03. The molecule has 5 nitrogen and oxygen atoms in total. The Kier molecular flexibility index (Phi) is 6.52. The lowest BCUT2D eigenvalue weighted by molar-refractivity contribution is -0.115. The summed E-state index contributed by atoms with van der Waals surface area (Å²) in [4.78, 5) is 11.7. The van der Waals surface area contributed by atoms with Gasteiger partial charge in [0.1, 0.15) is 0 Å². The first kappa shape index (κ1) is 15.1. The van der Waals surface area contributed by atoms with E-state index in [0.29, 0.717) is 10.8 Å². The van der Waals surface area contributed by atoms with Crippen molar-refractivity contribution in [1.82, 2.24) is 10.7 Å². The summed E-state index contributed by atoms with van der Waals surface area (Å²) in [5, 5.41) is 10.2. The lowest BCUT2D eigenvalue weighted by Gasteiger charge is -2.06. The lowest BCUT2D eigenvalue weighted by Crippen LogP contribution is -2.32. The maximum Gasteiger partial charge on any atom is 0.230 e. The minimum atomic E-state index is -0.108. The Morgan fingerprint density at radius 2 is 2.00 bits per heavy atom. The van der Waals surface area contributed by atoms with Crippen molar-refractivity contribution in [2.45, 2.75) is 20.3 Å². The van der Waals surface area contributed by atoms with Crippen molar-refractivity contribution in [2.75, 3.05) is 11.9 Å². The van der Waals surface area contributed by atoms with Crippen molar-refractivity contribution in [1.29, 1.82) is 0 Å². The fraction of sp³-hybridized carbons (Fsp3) is 0.308. The maximum absolute atomic E-state index is 11.7. The number of anilines is 1. The van der Waals surface area contributed by atoms with Gasteiger partial charge in [-0.2, -0.15) is 5.10 Å². The van der Waals surface area contributed by atoms with Gasteiger partial charge in [0.05, 0.1) is 6.42 Å². The van der Waals surface area contributed by atoms with Crippen molar-refractivity contribution in [3.63, 3.8) is 0 Å². The van der Waals surface area contributed by atoms with Crippen LogP contribution < -0.4 is 16.1 Å². The number of hydrazone groups is 1. The van der Waals surface area contributed by atoms with Gasteiger partial charge in [0, 0.05) is 17.9 Å². The molecule has 0 aliphatic carbocycles. The third kappa shape index (κ3) is 6.52. The summed E-state index contributed by atoms with van der Waals surface area (Å²) in [6.07, 6.45) is 0.219. The summed E-state index contributed by atoms with van der Waals surface area (Å²) in [5.74, 6) is -0.108. The summed E-state index contributed by atoms with van der Waals surface area (Å²) in [7, 11) is 0. The van der Waals surface area contributed by atoms with Gasteiger partial charge in [-0.25, -0.2) is 0 Å². The summed E-state index contributed by atoms with van der Waals surface area (Å²) < 4.78 is 0. The predicted molar refractivity (Wildman–Crippen MR) is 82.2 cm³/mol. The number of carbonyl (C=O) groups is 1. The predicted octanol–water partition coefficient (Wildman–Crippen LogP) is 1.88. The van der Waals surface area contributed by atoms with Crippen LogP contribution >= 0.6 is 12.2 Å². The summed E-state index contributed by atoms with van der Waals surface area (Å²) in [5.41, 5.74) is 4.12. The van der Waals surface area contributed by atoms with Gasteiger partial charge in [-0.3, -0.25) is 10.2 Å². The average molecular weight is 278 g/mol. The molecule has 0 saturated carbocycles. The molecule has 0 unspecified atom stereocenters. The van der Waals surface area contributed by atoms with Gasteiger partial charge in [0.2, 0.25) is 5.91 Å². The number of nitrogens with one attached hydrogen (secondary N) is 3. The van der Waals surface area contributed by atoms with Crippen LogP contribution in [0.1, 0.15) is 20.3 Å². The molecule has 0 bridgehead atoms. The fourth-order valence-electron chi connectivity index (χ4n) is 1.34. The van der Waals surface area contributed by atoms with Gasteiger partial charge in [0.25, 0.3) is 0 Å². The molecule has 0 aromatic heterocycles. The molecule has 0 atom stereocenters. The number of thiocarbonyl (C=S) groups is 1. The van der Waals surface area contributed by atoms with Crippen molar-refractivity contribution in [3.05, 3.63) is 30.3 Å². The van der Waals surface area contributed by atoms with Gasteiger partial charge in [-0.05, 0) is 38.2 Å². The molecule has 1 aromatic carbocycles. The summed E-state index contributed by atoms with van der Waals surface area (Å²) >= 11 is 4.96. The molecule has 19 heavy (non-hydrogen) atoms. The van der Waals surface area contributed by atoms with Gasteiger partial charge in [-0.15, -0.1) is 0 Å². The maximum atomic E-state index is 11.7. The molecule has 0 spiro atoms. The zero-order valence-corrected chi connectivity index (χ0v) is 11.9. The Morgan fingerprint density at radius 1 is 1.32 bits per heavy atom. The highest BCUT2D eigenvalue weighted by Crippen LogP contribution is 2.05. The van der Waals surface area contributed by atoms with E-state index in [1.54, 1.807) is 6.92 Å². The Morgan fingerprint density at radius 3 is 2.63 bits per heavy atom. The fourth-order valence-corrected chi connectivity index (χ4v) is 1.53. The molecule has 0 heterocycles. The molecule has 102 valence electrons. The highest BCUT2D eigenvalue weighted by molar-refractivity contribution is 7.80. The number of para-hydroxylation sites is 1. The van der Waals surface area contributed by atoms with E-state index in [-0.39, 0.29) is 12.3 Å². The smallest absolute Gasteiger partial charge is 0.230 e. The second kappa shape index (κ2) is 8.20. The normalized spacial score (nSPS) is 10.7. The number of amides is 1. The molecule has 0 radical (unpaired) electrons. The minimum absolute atomic E-state index is 0.108. The molecule has 1 aromatic rings. The zero-order valence-electron chi connectivity index (χ0n) is 11.1. The Hall–Kier alpha value is -1.95. The van der Waals surface area contributed by atoms with Crippen LogP contribution in [0.25, 0.3) is 0 Å². The number of carbonyl (C=O) groups excluding carboxylic acids is 1. The SMILES string of the molecule is CCNC(=S)N/N=C(\C)CC(=O)Nc1ccccc1. The van der Waals surface area contributed by atoms with E-state index in [9.17, 15) is 4.79 Å². The summed E-state index contributed by atoms with van der Waals surface area (Å²) in [6, 6.07) is 9.31. The van der Waals surface area contributed by atoms with E-state index >= 15 is 0 Å². The van der Waals surface area contributed by atoms with Crippen LogP contribution in [0.3, 0.4) is 0 Å². The van der Waals surface area contributed by atoms with Crippen LogP contribution in [0.2, 0.25) is 0 Å². The molecule has 1 rings (SSSR count). The van der Waals surface area contributed by atoms with Gasteiger partial charge in [-0.1, -0.05) is 18.2 Å². The second-order valence-electron chi connectivity index (χ2n) is 3.91. The second-order valence-corrected chi connectivity index (χ2v) is 4.32. The topological polar surface area (TPSA) is 65.5 Å². The highest BCUT2D eigenvalue weighted by atomic mass is 32.1. The van der Waals surface area contributed by atoms with Crippen molar-refractivity contribution in [2.24, 2.45) is 5.10 Å². The Balaban J connectivity index is 2.39. The quantitative estimate of drug-likeness (QED) is 0.437. The van der Waals surface area contributed by atoms with Crippen LogP contribution in [0.4, 0.5) is 5.69 Å². The van der Waals surface area contributed by atoms with Gasteiger partial charge < -0.3 is 10.6 Å². The standard InChI is InChI=1S/C13H18N4OS/c1-3-14-13(19)17-16-10(2)9-12(18)15-11-7-5-4-6-8-11/h4-8H,3,9H2,1-2H3,(H,15,18)(H2,14,17,19)/b16-10+. The van der Waals surface area contributed by atoms with Crippen molar-refractivity contribution < 1.29 is 4.79 Å². The zero-order chi connectivity index (χ0) is 14.1. The van der Waals surface area contributed by atoms with E-state index in [2.05, 4.69) is 21.2 Å². The molecule has 6 heteroatoms. The number of hydrogen-bond acceptors (Lipinski definition) is 3. The van der Waals surface area contributed by atoms with E-state index in [0.717, 1.165) is 12.2 Å². The third-order valence-corrected chi connectivity index (χ3v) is 2.40. The number of hydrogen-bond donors (Lipinski definition) is 3. The van der Waals surface area contributed by atoms with Gasteiger partial charge >= 0.3 is 0 Å². The van der Waals surface area contributed by atoms with Crippen molar-refractivity contribution >= 4 is 34.6 Å². The minimum Gasteiger partial charge on any atom is -0.362 e. The van der Waals surface area contributed by atoms with Crippen LogP contribution in [-0.4, -0.2) is 23.3 Å². The van der Waals surface area contributed by atoms with E-state index in [1.165, 1.54) is 0 Å². The first-order valence-corrected chi connectivity index (χ1v) is 6.44. The molecule has 0 aliphatic heterocycles. The molecular formula is C13H18N4OS. The molecular weight excluding hydrogens is 260 g/mol. The van der Waals surface area contributed by atoms with E-state index in [4.69, 9.17) is 12.2 Å². The number of benzene rings is 1. The van der Waals surface area contributed by atoms with Crippen LogP contribution in [0.5, 0.6) is 0 Å². The largest absolute Gasteiger partial charge is 0.362 e.